The molecule has 0 amide bonds. The third kappa shape index (κ3) is 3.61. The molecule has 0 radical (unpaired) electrons. The first kappa shape index (κ1) is 19.2. The molecular weight excluding hydrogens is 362 g/mol. The number of aromatic nitrogens is 1. The maximum Gasteiger partial charge on any atom is 0.0688 e. The van der Waals surface area contributed by atoms with Crippen LogP contribution in [0.4, 0.5) is 0 Å². The molecular formula is C25H23NO3. The average Bonchev–Trinajstić information content (AvgIpc) is 3.21. The Hall–Kier alpha value is -3.18. The summed E-state index contributed by atoms with van der Waals surface area (Å²) in [6.45, 7) is 3.66. The monoisotopic (exact) mass is 385 g/mol. The lowest BCUT2D eigenvalue weighted by Gasteiger charge is -2.14. The molecule has 4 N–H and O–H groups in total. The lowest BCUT2D eigenvalue weighted by atomic mass is 9.93. The van der Waals surface area contributed by atoms with E-state index in [0.29, 0.717) is 16.7 Å². The van der Waals surface area contributed by atoms with Crippen molar-refractivity contribution in [2.45, 2.75) is 19.8 Å². The van der Waals surface area contributed by atoms with E-state index in [0.717, 1.165) is 38.9 Å². The molecule has 146 valence electrons. The third-order valence-electron chi connectivity index (χ3n) is 5.33. The lowest BCUT2D eigenvalue weighted by Crippen LogP contribution is -2.02. The largest absolute Gasteiger partial charge is 0.392 e. The van der Waals surface area contributed by atoms with E-state index < -0.39 is 0 Å². The molecule has 0 atom stereocenters. The van der Waals surface area contributed by atoms with Gasteiger partial charge < -0.3 is 20.3 Å². The molecule has 0 aliphatic carbocycles. The highest BCUT2D eigenvalue weighted by molar-refractivity contribution is 5.88. The van der Waals surface area contributed by atoms with E-state index in [4.69, 9.17) is 0 Å². The molecule has 1 aromatic heterocycles. The predicted octanol–water partition coefficient (Wildman–Crippen LogP) is 4.37. The minimum atomic E-state index is -0.219. The fraction of sp³-hybridized carbons (Fsp3) is 0.120. The first-order valence-corrected chi connectivity index (χ1v) is 9.49. The zero-order chi connectivity index (χ0) is 20.4. The first-order chi connectivity index (χ1) is 14.1. The Kier molecular flexibility index (Phi) is 5.32. The summed E-state index contributed by atoms with van der Waals surface area (Å²) in [5.74, 6) is 0. The molecule has 0 unspecified atom stereocenters. The summed E-state index contributed by atoms with van der Waals surface area (Å²) in [6.07, 6.45) is 0. The highest BCUT2D eigenvalue weighted by Crippen LogP contribution is 2.31. The van der Waals surface area contributed by atoms with Crippen molar-refractivity contribution in [3.63, 3.8) is 0 Å². The zero-order valence-corrected chi connectivity index (χ0v) is 16.0. The fourth-order valence-electron chi connectivity index (χ4n) is 3.73. The fourth-order valence-corrected chi connectivity index (χ4v) is 3.73. The van der Waals surface area contributed by atoms with E-state index in [1.807, 2.05) is 54.6 Å². The molecule has 4 rings (SSSR count). The van der Waals surface area contributed by atoms with Gasteiger partial charge in [0.05, 0.1) is 19.8 Å². The summed E-state index contributed by atoms with van der Waals surface area (Å²) in [5.41, 5.74) is 7.55. The maximum atomic E-state index is 9.69. The molecule has 0 aliphatic heterocycles. The van der Waals surface area contributed by atoms with Crippen LogP contribution in [-0.4, -0.2) is 20.3 Å². The van der Waals surface area contributed by atoms with Gasteiger partial charge in [0.15, 0.2) is 0 Å². The summed E-state index contributed by atoms with van der Waals surface area (Å²) in [5, 5.41) is 30.1. The highest BCUT2D eigenvalue weighted by Gasteiger charge is 2.12. The standard InChI is InChI=1S/C25H23NO3/c1-16(25-12-19-5-2-3-8-24(19)26-25)17-6-4-7-18(9-17)20-10-21(13-27)23(15-29)22(11-20)14-28/h2-12,26-29H,1,13-15H2. The van der Waals surface area contributed by atoms with Crippen molar-refractivity contribution in [3.8, 4) is 11.1 Å². The van der Waals surface area contributed by atoms with Crippen molar-refractivity contribution in [3.05, 3.63) is 101 Å². The minimum Gasteiger partial charge on any atom is -0.392 e. The third-order valence-corrected chi connectivity index (χ3v) is 5.33. The normalized spacial score (nSPS) is 11.1. The van der Waals surface area contributed by atoms with Crippen LogP contribution in [0.25, 0.3) is 27.6 Å². The first-order valence-electron chi connectivity index (χ1n) is 9.49. The SMILES string of the molecule is C=C(c1cccc(-c2cc(CO)c(CO)c(CO)c2)c1)c1cc2ccccc2[nH]1. The van der Waals surface area contributed by atoms with Gasteiger partial charge in [-0.3, -0.25) is 0 Å². The van der Waals surface area contributed by atoms with Gasteiger partial charge in [-0.1, -0.05) is 43.0 Å². The van der Waals surface area contributed by atoms with E-state index in [9.17, 15) is 15.3 Å². The predicted molar refractivity (Wildman–Crippen MR) is 116 cm³/mol. The molecule has 0 aliphatic rings. The van der Waals surface area contributed by atoms with Crippen molar-refractivity contribution < 1.29 is 15.3 Å². The Balaban J connectivity index is 1.74. The number of aromatic amines is 1. The number of rotatable bonds is 6. The second-order valence-corrected chi connectivity index (χ2v) is 7.08. The Labute approximate surface area is 169 Å². The van der Waals surface area contributed by atoms with Gasteiger partial charge in [-0.05, 0) is 69.3 Å². The second kappa shape index (κ2) is 8.05. The van der Waals surface area contributed by atoms with Crippen molar-refractivity contribution in [1.82, 2.24) is 4.98 Å². The Bertz CT molecular complexity index is 1130. The van der Waals surface area contributed by atoms with Crippen molar-refractivity contribution in [1.29, 1.82) is 0 Å². The van der Waals surface area contributed by atoms with Gasteiger partial charge in [0.1, 0.15) is 0 Å². The number of para-hydroxylation sites is 1. The summed E-state index contributed by atoms with van der Waals surface area (Å²) in [7, 11) is 0. The van der Waals surface area contributed by atoms with Gasteiger partial charge in [-0.2, -0.15) is 0 Å². The number of fused-ring (bicyclic) bond motifs is 1. The molecule has 4 aromatic rings. The van der Waals surface area contributed by atoms with E-state index >= 15 is 0 Å². The van der Waals surface area contributed by atoms with Crippen LogP contribution in [0.3, 0.4) is 0 Å². The topological polar surface area (TPSA) is 76.5 Å². The molecule has 0 spiro atoms. The Morgan fingerprint density at radius 1 is 0.759 bits per heavy atom. The molecule has 0 bridgehead atoms. The highest BCUT2D eigenvalue weighted by atomic mass is 16.3. The summed E-state index contributed by atoms with van der Waals surface area (Å²) in [6, 6.07) is 21.9. The Morgan fingerprint density at radius 3 is 2.14 bits per heavy atom. The van der Waals surface area contributed by atoms with E-state index in [1.54, 1.807) is 0 Å². The molecule has 29 heavy (non-hydrogen) atoms. The Morgan fingerprint density at radius 2 is 1.48 bits per heavy atom. The number of aliphatic hydroxyl groups excluding tert-OH is 3. The van der Waals surface area contributed by atoms with E-state index in [2.05, 4.69) is 23.7 Å². The van der Waals surface area contributed by atoms with Crippen LogP contribution in [-0.2, 0) is 19.8 Å². The number of benzene rings is 3. The van der Waals surface area contributed by atoms with Gasteiger partial charge in [-0.15, -0.1) is 0 Å². The van der Waals surface area contributed by atoms with Crippen LogP contribution in [0.1, 0.15) is 27.9 Å². The number of nitrogens with one attached hydrogen (secondary N) is 1. The molecule has 4 nitrogen and oxygen atoms in total. The van der Waals surface area contributed by atoms with E-state index in [-0.39, 0.29) is 19.8 Å². The average molecular weight is 385 g/mol. The van der Waals surface area contributed by atoms with Gasteiger partial charge in [0, 0.05) is 16.6 Å². The van der Waals surface area contributed by atoms with Gasteiger partial charge in [0.2, 0.25) is 0 Å². The smallest absolute Gasteiger partial charge is 0.0688 e. The van der Waals surface area contributed by atoms with Crippen molar-refractivity contribution in [2.75, 3.05) is 0 Å². The molecule has 1 heterocycles. The van der Waals surface area contributed by atoms with Gasteiger partial charge in [-0.25, -0.2) is 0 Å². The van der Waals surface area contributed by atoms with Gasteiger partial charge in [0.25, 0.3) is 0 Å². The molecule has 0 fully saturated rings. The van der Waals surface area contributed by atoms with Crippen molar-refractivity contribution in [2.24, 2.45) is 0 Å². The number of H-pyrrole nitrogens is 1. The van der Waals surface area contributed by atoms with Crippen LogP contribution in [0.15, 0.2) is 73.3 Å². The van der Waals surface area contributed by atoms with Crippen LogP contribution < -0.4 is 0 Å². The molecule has 0 saturated carbocycles. The molecule has 3 aromatic carbocycles. The van der Waals surface area contributed by atoms with Crippen LogP contribution in [0.2, 0.25) is 0 Å². The summed E-state index contributed by atoms with van der Waals surface area (Å²) in [4.78, 5) is 3.41. The van der Waals surface area contributed by atoms with Crippen LogP contribution in [0, 0.1) is 0 Å². The molecule has 0 saturated heterocycles. The summed E-state index contributed by atoms with van der Waals surface area (Å²) >= 11 is 0. The number of hydrogen-bond acceptors (Lipinski definition) is 3. The van der Waals surface area contributed by atoms with Crippen molar-refractivity contribution >= 4 is 16.5 Å². The summed E-state index contributed by atoms with van der Waals surface area (Å²) < 4.78 is 0. The molecule has 4 heteroatoms. The number of hydrogen-bond donors (Lipinski definition) is 4. The number of aliphatic hydroxyl groups is 3. The quantitative estimate of drug-likeness (QED) is 0.398. The van der Waals surface area contributed by atoms with E-state index in [1.165, 1.54) is 0 Å². The zero-order valence-electron chi connectivity index (χ0n) is 16.0. The lowest BCUT2D eigenvalue weighted by molar-refractivity contribution is 0.248. The minimum absolute atomic E-state index is 0.196. The van der Waals surface area contributed by atoms with Crippen LogP contribution in [0.5, 0.6) is 0 Å². The van der Waals surface area contributed by atoms with Crippen LogP contribution >= 0.6 is 0 Å². The second-order valence-electron chi connectivity index (χ2n) is 7.08. The maximum absolute atomic E-state index is 9.69. The van der Waals surface area contributed by atoms with Gasteiger partial charge >= 0.3 is 0 Å².